The SMILES string of the molecule is COc1ccc2c(c1)CCC(=CO)C2=O. The Kier molecular flexibility index (Phi) is 2.46. The van der Waals surface area contributed by atoms with Crippen LogP contribution in [0.3, 0.4) is 0 Å². The van der Waals surface area contributed by atoms with Crippen molar-refractivity contribution in [3.8, 4) is 5.75 Å². The van der Waals surface area contributed by atoms with Crippen molar-refractivity contribution < 1.29 is 14.6 Å². The molecule has 0 aliphatic heterocycles. The smallest absolute Gasteiger partial charge is 0.192 e. The summed E-state index contributed by atoms with van der Waals surface area (Å²) in [7, 11) is 1.60. The Morgan fingerprint density at radius 1 is 1.40 bits per heavy atom. The predicted molar refractivity (Wildman–Crippen MR) is 56.4 cm³/mol. The highest BCUT2D eigenvalue weighted by Crippen LogP contribution is 2.27. The number of carbonyl (C=O) groups is 1. The average molecular weight is 204 g/mol. The summed E-state index contributed by atoms with van der Waals surface area (Å²) in [5.41, 5.74) is 2.14. The number of ketones is 1. The number of fused-ring (bicyclic) bond motifs is 1. The molecule has 0 saturated heterocycles. The summed E-state index contributed by atoms with van der Waals surface area (Å²) in [6.45, 7) is 0. The fourth-order valence-corrected chi connectivity index (χ4v) is 1.80. The van der Waals surface area contributed by atoms with Gasteiger partial charge in [-0.2, -0.15) is 0 Å². The highest BCUT2D eigenvalue weighted by atomic mass is 16.5. The summed E-state index contributed by atoms with van der Waals surface area (Å²) in [6.07, 6.45) is 2.27. The molecule has 0 unspecified atom stereocenters. The Balaban J connectivity index is 2.46. The molecule has 0 spiro atoms. The molecule has 0 saturated carbocycles. The number of carbonyl (C=O) groups excluding carboxylic acids is 1. The highest BCUT2D eigenvalue weighted by molar-refractivity contribution is 6.10. The topological polar surface area (TPSA) is 46.5 Å². The Hall–Kier alpha value is -1.77. The molecule has 0 bridgehead atoms. The number of rotatable bonds is 1. The minimum Gasteiger partial charge on any atom is -0.515 e. The van der Waals surface area contributed by atoms with Gasteiger partial charge in [-0.3, -0.25) is 4.79 Å². The molecule has 1 aliphatic rings. The van der Waals surface area contributed by atoms with Gasteiger partial charge in [0.15, 0.2) is 5.78 Å². The summed E-state index contributed by atoms with van der Waals surface area (Å²) in [5, 5.41) is 8.88. The van der Waals surface area contributed by atoms with Gasteiger partial charge in [-0.1, -0.05) is 0 Å². The molecule has 1 aliphatic carbocycles. The maximum absolute atomic E-state index is 11.8. The first kappa shape index (κ1) is 9.77. The van der Waals surface area contributed by atoms with Gasteiger partial charge in [0.1, 0.15) is 5.75 Å². The molecule has 1 aromatic carbocycles. The van der Waals surface area contributed by atoms with Crippen LogP contribution in [0.25, 0.3) is 0 Å². The lowest BCUT2D eigenvalue weighted by molar-refractivity contribution is 0.102. The standard InChI is InChI=1S/C12H12O3/c1-15-10-4-5-11-8(6-10)2-3-9(7-13)12(11)14/h4-7,13H,2-3H2,1H3. The Bertz CT molecular complexity index is 432. The van der Waals surface area contributed by atoms with Crippen LogP contribution in [0.15, 0.2) is 30.0 Å². The van der Waals surface area contributed by atoms with Crippen LogP contribution in [0.1, 0.15) is 22.3 Å². The number of benzene rings is 1. The van der Waals surface area contributed by atoms with Gasteiger partial charge < -0.3 is 9.84 Å². The Morgan fingerprint density at radius 3 is 2.87 bits per heavy atom. The third-order valence-electron chi connectivity index (χ3n) is 2.67. The van der Waals surface area contributed by atoms with E-state index >= 15 is 0 Å². The van der Waals surface area contributed by atoms with E-state index < -0.39 is 0 Å². The second-order valence-corrected chi connectivity index (χ2v) is 3.51. The number of ether oxygens (including phenoxy) is 1. The van der Waals surface area contributed by atoms with E-state index in [4.69, 9.17) is 9.84 Å². The molecule has 1 N–H and O–H groups in total. The first-order valence-electron chi connectivity index (χ1n) is 4.81. The molecule has 1 aromatic rings. The third-order valence-corrected chi connectivity index (χ3v) is 2.67. The van der Waals surface area contributed by atoms with Gasteiger partial charge in [-0.05, 0) is 36.6 Å². The zero-order valence-corrected chi connectivity index (χ0v) is 8.49. The molecule has 0 atom stereocenters. The summed E-state index contributed by atoms with van der Waals surface area (Å²) in [4.78, 5) is 11.8. The summed E-state index contributed by atoms with van der Waals surface area (Å²) >= 11 is 0. The van der Waals surface area contributed by atoms with Crippen LogP contribution in [-0.2, 0) is 6.42 Å². The zero-order chi connectivity index (χ0) is 10.8. The minimum atomic E-state index is -0.0820. The zero-order valence-electron chi connectivity index (χ0n) is 8.49. The van der Waals surface area contributed by atoms with Crippen LogP contribution in [0.5, 0.6) is 5.75 Å². The van der Waals surface area contributed by atoms with Crippen molar-refractivity contribution in [1.29, 1.82) is 0 Å². The monoisotopic (exact) mass is 204 g/mol. The van der Waals surface area contributed by atoms with Gasteiger partial charge >= 0.3 is 0 Å². The predicted octanol–water partition coefficient (Wildman–Crippen LogP) is 2.27. The van der Waals surface area contributed by atoms with Crippen LogP contribution >= 0.6 is 0 Å². The lowest BCUT2D eigenvalue weighted by Gasteiger charge is -2.17. The van der Waals surface area contributed by atoms with Crippen molar-refractivity contribution in [3.63, 3.8) is 0 Å². The Morgan fingerprint density at radius 2 is 2.20 bits per heavy atom. The quantitative estimate of drug-likeness (QED) is 0.563. The van der Waals surface area contributed by atoms with E-state index in [0.717, 1.165) is 24.0 Å². The highest BCUT2D eigenvalue weighted by Gasteiger charge is 2.22. The fraction of sp³-hybridized carbons (Fsp3) is 0.250. The number of hydrogen-bond donors (Lipinski definition) is 1. The van der Waals surface area contributed by atoms with Gasteiger partial charge in [0.2, 0.25) is 0 Å². The van der Waals surface area contributed by atoms with Gasteiger partial charge in [0.05, 0.1) is 13.4 Å². The van der Waals surface area contributed by atoms with E-state index in [-0.39, 0.29) is 5.78 Å². The van der Waals surface area contributed by atoms with E-state index in [2.05, 4.69) is 0 Å². The van der Waals surface area contributed by atoms with E-state index in [1.165, 1.54) is 0 Å². The van der Waals surface area contributed by atoms with Crippen molar-refractivity contribution in [3.05, 3.63) is 41.2 Å². The van der Waals surface area contributed by atoms with E-state index in [1.807, 2.05) is 6.07 Å². The van der Waals surface area contributed by atoms with Crippen molar-refractivity contribution in [2.24, 2.45) is 0 Å². The van der Waals surface area contributed by atoms with Crippen molar-refractivity contribution in [2.45, 2.75) is 12.8 Å². The molecule has 0 heterocycles. The fourth-order valence-electron chi connectivity index (χ4n) is 1.80. The molecule has 0 fully saturated rings. The molecular weight excluding hydrogens is 192 g/mol. The lowest BCUT2D eigenvalue weighted by atomic mass is 9.87. The molecule has 0 radical (unpaired) electrons. The van der Waals surface area contributed by atoms with Crippen LogP contribution in [-0.4, -0.2) is 18.0 Å². The van der Waals surface area contributed by atoms with Crippen molar-refractivity contribution >= 4 is 5.78 Å². The number of Topliss-reactive ketones (excluding diaryl/α,β-unsaturated/α-hetero) is 1. The Labute approximate surface area is 88.0 Å². The number of aryl methyl sites for hydroxylation is 1. The summed E-state index contributed by atoms with van der Waals surface area (Å²) in [5.74, 6) is 0.680. The van der Waals surface area contributed by atoms with Crippen LogP contribution < -0.4 is 4.74 Å². The van der Waals surface area contributed by atoms with Crippen molar-refractivity contribution in [2.75, 3.05) is 7.11 Å². The first-order chi connectivity index (χ1) is 7.26. The largest absolute Gasteiger partial charge is 0.515 e. The molecule has 0 amide bonds. The molecule has 78 valence electrons. The number of aliphatic hydroxyl groups excluding tert-OH is 1. The normalized spacial score (nSPS) is 17.7. The van der Waals surface area contributed by atoms with Crippen LogP contribution in [0.4, 0.5) is 0 Å². The number of aliphatic hydroxyl groups is 1. The third kappa shape index (κ3) is 1.61. The van der Waals surface area contributed by atoms with Gasteiger partial charge in [-0.25, -0.2) is 0 Å². The summed E-state index contributed by atoms with van der Waals surface area (Å²) < 4.78 is 5.09. The first-order valence-corrected chi connectivity index (χ1v) is 4.81. The molecule has 3 nitrogen and oxygen atoms in total. The van der Waals surface area contributed by atoms with Crippen LogP contribution in [0, 0.1) is 0 Å². The van der Waals surface area contributed by atoms with E-state index in [9.17, 15) is 4.79 Å². The number of allylic oxidation sites excluding steroid dienone is 1. The number of methoxy groups -OCH3 is 1. The maximum atomic E-state index is 11.8. The second-order valence-electron chi connectivity index (χ2n) is 3.51. The second kappa shape index (κ2) is 3.77. The maximum Gasteiger partial charge on any atom is 0.192 e. The molecule has 3 heteroatoms. The molecule has 0 aromatic heterocycles. The lowest BCUT2D eigenvalue weighted by Crippen LogP contribution is -2.14. The van der Waals surface area contributed by atoms with E-state index in [0.29, 0.717) is 17.6 Å². The molecule has 15 heavy (non-hydrogen) atoms. The van der Waals surface area contributed by atoms with Gasteiger partial charge in [0, 0.05) is 11.1 Å². The van der Waals surface area contributed by atoms with Gasteiger partial charge in [0.25, 0.3) is 0 Å². The van der Waals surface area contributed by atoms with E-state index in [1.54, 1.807) is 19.2 Å². The number of hydrogen-bond acceptors (Lipinski definition) is 3. The minimum absolute atomic E-state index is 0.0820. The molecular formula is C12H12O3. The van der Waals surface area contributed by atoms with Gasteiger partial charge in [-0.15, -0.1) is 0 Å². The van der Waals surface area contributed by atoms with Crippen LogP contribution in [0.2, 0.25) is 0 Å². The summed E-state index contributed by atoms with van der Waals surface area (Å²) in [6, 6.07) is 5.39. The van der Waals surface area contributed by atoms with Crippen molar-refractivity contribution in [1.82, 2.24) is 0 Å². The molecule has 2 rings (SSSR count). The average Bonchev–Trinajstić information content (AvgIpc) is 2.29.